The number of hydrogen-bond acceptors (Lipinski definition) is 8. The highest BCUT2D eigenvalue weighted by Gasteiger charge is 2.53. The Labute approximate surface area is 221 Å². The highest BCUT2D eigenvalue weighted by molar-refractivity contribution is 9.10. The van der Waals surface area contributed by atoms with Gasteiger partial charge < -0.3 is 29.0 Å². The summed E-state index contributed by atoms with van der Waals surface area (Å²) in [6.07, 6.45) is 0.377. The highest BCUT2D eigenvalue weighted by Crippen LogP contribution is 2.37. The minimum atomic E-state index is -0.685. The molecule has 0 aliphatic carbocycles. The number of aliphatic hydroxyl groups excluding tert-OH is 2. The van der Waals surface area contributed by atoms with E-state index < -0.39 is 30.5 Å². The lowest BCUT2D eigenvalue weighted by Crippen LogP contribution is -2.41. The largest absolute Gasteiger partial charge is 0.499 e. The van der Waals surface area contributed by atoms with Crippen LogP contribution < -0.4 is 14.9 Å². The summed E-state index contributed by atoms with van der Waals surface area (Å²) in [5.74, 6) is 1.06. The van der Waals surface area contributed by atoms with Gasteiger partial charge in [0.15, 0.2) is 6.29 Å². The Balaban J connectivity index is 0.000000281. The van der Waals surface area contributed by atoms with Gasteiger partial charge in [0.1, 0.15) is 31.0 Å². The maximum Gasteiger partial charge on any atom is 0.499 e. The molecule has 2 unspecified atom stereocenters. The average Bonchev–Trinajstić information content (AvgIpc) is 3.03. The molecule has 0 spiro atoms. The number of rotatable bonds is 9. The van der Waals surface area contributed by atoms with Gasteiger partial charge in [-0.05, 0) is 69.6 Å². The van der Waals surface area contributed by atoms with E-state index in [4.69, 9.17) is 23.9 Å². The molecule has 36 heavy (non-hydrogen) atoms. The Morgan fingerprint density at radius 3 is 1.78 bits per heavy atom. The summed E-state index contributed by atoms with van der Waals surface area (Å²) in [5, 5.41) is 18.4. The van der Waals surface area contributed by atoms with Gasteiger partial charge in [0.25, 0.3) is 0 Å². The molecule has 8 nitrogen and oxygen atoms in total. The zero-order valence-electron chi connectivity index (χ0n) is 21.5. The van der Waals surface area contributed by atoms with Crippen LogP contribution in [0.5, 0.6) is 11.5 Å². The van der Waals surface area contributed by atoms with E-state index in [-0.39, 0.29) is 13.2 Å². The van der Waals surface area contributed by atoms with Crippen LogP contribution in [0.2, 0.25) is 0 Å². The smallest absolute Gasteiger partial charge is 0.491 e. The van der Waals surface area contributed by atoms with Gasteiger partial charge in [0.2, 0.25) is 0 Å². The van der Waals surface area contributed by atoms with Crippen molar-refractivity contribution in [2.24, 2.45) is 0 Å². The third-order valence-corrected chi connectivity index (χ3v) is 6.64. The number of benzene rings is 2. The minimum absolute atomic E-state index is 0.134. The average molecular weight is 565 g/mol. The van der Waals surface area contributed by atoms with Crippen LogP contribution in [0.3, 0.4) is 0 Å². The van der Waals surface area contributed by atoms with Crippen molar-refractivity contribution in [3.63, 3.8) is 0 Å². The van der Waals surface area contributed by atoms with Crippen LogP contribution in [0.4, 0.5) is 0 Å². The Kier molecular flexibility index (Phi) is 10.7. The van der Waals surface area contributed by atoms with Gasteiger partial charge in [-0.15, -0.1) is 0 Å². The van der Waals surface area contributed by atoms with Crippen LogP contribution in [0.15, 0.2) is 40.9 Å². The number of carbonyl (C=O) groups excluding carboxylic acids is 2. The molecular formula is C26H34BBrO8. The van der Waals surface area contributed by atoms with Crippen LogP contribution >= 0.6 is 15.9 Å². The normalized spacial score (nSPS) is 17.4. The van der Waals surface area contributed by atoms with Gasteiger partial charge in [-0.2, -0.15) is 0 Å². The van der Waals surface area contributed by atoms with Gasteiger partial charge in [-0.3, -0.25) is 9.59 Å². The van der Waals surface area contributed by atoms with E-state index in [1.807, 2.05) is 27.7 Å². The van der Waals surface area contributed by atoms with E-state index in [1.165, 1.54) is 0 Å². The van der Waals surface area contributed by atoms with Crippen LogP contribution in [0.25, 0.3) is 0 Å². The second-order valence-corrected chi connectivity index (χ2v) is 10.4. The number of halogens is 1. The molecule has 1 heterocycles. The van der Waals surface area contributed by atoms with E-state index >= 15 is 0 Å². The van der Waals surface area contributed by atoms with Crippen molar-refractivity contribution in [3.8, 4) is 11.5 Å². The SMILES string of the molecule is CC(O)COc1cccc(C=O)c1B1OC(C)(C)C(C)(C)O1.CC(O)COc1cccc(C=O)c1Br. The topological polar surface area (TPSA) is 112 Å². The van der Waals surface area contributed by atoms with Gasteiger partial charge in [0.05, 0.1) is 27.9 Å². The van der Waals surface area contributed by atoms with Crippen molar-refractivity contribution in [2.75, 3.05) is 13.2 Å². The van der Waals surface area contributed by atoms with E-state index in [2.05, 4.69) is 15.9 Å². The molecule has 10 heteroatoms. The van der Waals surface area contributed by atoms with Gasteiger partial charge in [-0.1, -0.05) is 24.3 Å². The fourth-order valence-corrected chi connectivity index (χ4v) is 3.63. The number of carbonyl (C=O) groups is 2. The summed E-state index contributed by atoms with van der Waals surface area (Å²) in [6, 6.07) is 10.3. The molecule has 0 aromatic heterocycles. The number of aliphatic hydroxyl groups is 2. The summed E-state index contributed by atoms with van der Waals surface area (Å²) in [4.78, 5) is 22.0. The Hall–Kier alpha value is -2.24. The van der Waals surface area contributed by atoms with Gasteiger partial charge in [0, 0.05) is 16.6 Å². The zero-order valence-corrected chi connectivity index (χ0v) is 23.1. The predicted molar refractivity (Wildman–Crippen MR) is 141 cm³/mol. The Morgan fingerprint density at radius 1 is 0.861 bits per heavy atom. The van der Waals surface area contributed by atoms with Crippen LogP contribution in [0.1, 0.15) is 62.3 Å². The lowest BCUT2D eigenvalue weighted by Gasteiger charge is -2.32. The van der Waals surface area contributed by atoms with Crippen molar-refractivity contribution >= 4 is 41.1 Å². The molecule has 2 aromatic carbocycles. The minimum Gasteiger partial charge on any atom is -0.491 e. The van der Waals surface area contributed by atoms with Crippen molar-refractivity contribution < 1.29 is 38.6 Å². The molecule has 1 fully saturated rings. The van der Waals surface area contributed by atoms with Crippen molar-refractivity contribution in [1.82, 2.24) is 0 Å². The summed E-state index contributed by atoms with van der Waals surface area (Å²) >= 11 is 3.25. The molecule has 2 N–H and O–H groups in total. The first-order valence-electron chi connectivity index (χ1n) is 11.6. The van der Waals surface area contributed by atoms with E-state index in [9.17, 15) is 14.7 Å². The Morgan fingerprint density at radius 2 is 1.31 bits per heavy atom. The molecular weight excluding hydrogens is 531 g/mol. The van der Waals surface area contributed by atoms with Crippen LogP contribution in [0, 0.1) is 0 Å². The summed E-state index contributed by atoms with van der Waals surface area (Å²) in [5.41, 5.74) is 0.552. The third kappa shape index (κ3) is 7.63. The summed E-state index contributed by atoms with van der Waals surface area (Å²) < 4.78 is 23.6. The molecule has 2 aromatic rings. The summed E-state index contributed by atoms with van der Waals surface area (Å²) in [7, 11) is -0.685. The van der Waals surface area contributed by atoms with Crippen molar-refractivity contribution in [1.29, 1.82) is 0 Å². The summed E-state index contributed by atoms with van der Waals surface area (Å²) in [6.45, 7) is 11.4. The van der Waals surface area contributed by atoms with Crippen molar-refractivity contribution in [3.05, 3.63) is 52.0 Å². The zero-order chi connectivity index (χ0) is 27.1. The number of aldehydes is 2. The van der Waals surface area contributed by atoms with Crippen LogP contribution in [-0.4, -0.2) is 66.5 Å². The number of ether oxygens (including phenoxy) is 2. The second-order valence-electron chi connectivity index (χ2n) is 9.56. The van der Waals surface area contributed by atoms with E-state index in [0.29, 0.717) is 32.6 Å². The van der Waals surface area contributed by atoms with E-state index in [0.717, 1.165) is 12.6 Å². The molecule has 1 saturated heterocycles. The fraction of sp³-hybridized carbons (Fsp3) is 0.462. The van der Waals surface area contributed by atoms with Crippen molar-refractivity contribution in [2.45, 2.75) is 65.0 Å². The molecule has 1 aliphatic rings. The van der Waals surface area contributed by atoms with Crippen LogP contribution in [-0.2, 0) is 9.31 Å². The first-order chi connectivity index (χ1) is 16.8. The van der Waals surface area contributed by atoms with E-state index in [1.54, 1.807) is 50.2 Å². The Bertz CT molecular complexity index is 1020. The second kappa shape index (κ2) is 12.8. The quantitative estimate of drug-likeness (QED) is 0.351. The monoisotopic (exact) mass is 564 g/mol. The maximum atomic E-state index is 11.4. The molecule has 1 aliphatic heterocycles. The molecule has 3 rings (SSSR count). The fourth-order valence-electron chi connectivity index (χ4n) is 3.15. The predicted octanol–water partition coefficient (Wildman–Crippen LogP) is 3.58. The number of hydrogen-bond donors (Lipinski definition) is 2. The molecule has 0 saturated carbocycles. The molecule has 0 amide bonds. The molecule has 0 bridgehead atoms. The van der Waals surface area contributed by atoms with Gasteiger partial charge in [-0.25, -0.2) is 0 Å². The first-order valence-corrected chi connectivity index (χ1v) is 12.4. The standard InChI is InChI=1S/C16H23BO5.C10H11BrO3/c1-11(19)10-20-13-8-6-7-12(9-18)14(13)17-21-15(2,3)16(4,5)22-17;1-7(13)6-14-9-4-2-3-8(5-12)10(9)11/h6-9,11,19H,10H2,1-5H3;2-5,7,13H,6H2,1H3. The van der Waals surface area contributed by atoms with Gasteiger partial charge >= 0.3 is 7.12 Å². The first kappa shape index (κ1) is 30.0. The lowest BCUT2D eigenvalue weighted by molar-refractivity contribution is 0.00578. The molecule has 2 atom stereocenters. The highest BCUT2D eigenvalue weighted by atomic mass is 79.9. The lowest BCUT2D eigenvalue weighted by atomic mass is 9.75. The molecule has 0 radical (unpaired) electrons. The third-order valence-electron chi connectivity index (χ3n) is 5.80. The molecule has 196 valence electrons. The maximum absolute atomic E-state index is 11.4.